The highest BCUT2D eigenvalue weighted by Crippen LogP contribution is 2.08. The molecular weight excluding hydrogens is 256 g/mol. The van der Waals surface area contributed by atoms with E-state index >= 15 is 0 Å². The van der Waals surface area contributed by atoms with Crippen LogP contribution in [-0.4, -0.2) is 59.0 Å². The number of aromatic nitrogens is 3. The summed E-state index contributed by atoms with van der Waals surface area (Å²) in [5, 5.41) is 6.53. The molecule has 0 atom stereocenters. The number of nitrogens with one attached hydrogen (secondary N) is 1. The first kappa shape index (κ1) is 13.0. The average molecular weight is 272 g/mol. The highest BCUT2D eigenvalue weighted by Gasteiger charge is 2.25. The van der Waals surface area contributed by atoms with Crippen molar-refractivity contribution in [2.24, 2.45) is 0 Å². The second-order valence-electron chi connectivity index (χ2n) is 4.26. The number of aryl methyl sites for hydroxylation is 1. The summed E-state index contributed by atoms with van der Waals surface area (Å²) in [5.74, 6) is 0.629. The molecule has 2 heterocycles. The van der Waals surface area contributed by atoms with Gasteiger partial charge < -0.3 is 4.90 Å². The van der Waals surface area contributed by atoms with Crippen molar-refractivity contribution in [1.82, 2.24) is 20.1 Å². The van der Waals surface area contributed by atoms with Crippen LogP contribution in [0.1, 0.15) is 29.8 Å². The van der Waals surface area contributed by atoms with Crippen LogP contribution < -0.4 is 0 Å². The molecule has 0 spiro atoms. The summed E-state index contributed by atoms with van der Waals surface area (Å²) in [5.41, 5.74) is 0. The average Bonchev–Trinajstić information content (AvgIpc) is 2.74. The lowest BCUT2D eigenvalue weighted by molar-refractivity contribution is 0.0756. The summed E-state index contributed by atoms with van der Waals surface area (Å²) in [7, 11) is -3.01. The van der Waals surface area contributed by atoms with Gasteiger partial charge in [-0.2, -0.15) is 0 Å². The molecule has 0 aromatic carbocycles. The molecule has 1 aliphatic heterocycles. The zero-order valence-electron chi connectivity index (χ0n) is 10.2. The number of amides is 1. The van der Waals surface area contributed by atoms with E-state index < -0.39 is 9.84 Å². The summed E-state index contributed by atoms with van der Waals surface area (Å²) < 4.78 is 22.9. The predicted octanol–water partition coefficient (Wildman–Crippen LogP) is -0.372. The van der Waals surface area contributed by atoms with Crippen molar-refractivity contribution in [3.63, 3.8) is 0 Å². The Balaban J connectivity index is 2.09. The van der Waals surface area contributed by atoms with E-state index in [1.807, 2.05) is 6.92 Å². The number of aromatic amines is 1. The Bertz CT molecular complexity index is 537. The predicted molar refractivity (Wildman–Crippen MR) is 64.9 cm³/mol. The van der Waals surface area contributed by atoms with Crippen molar-refractivity contribution in [3.8, 4) is 0 Å². The standard InChI is InChI=1S/C10H16N4O3S/c1-2-8-11-9(13-12-8)10(15)14-4-3-6-18(16,17)7-5-14/h2-7H2,1H3,(H,11,12,13). The summed E-state index contributed by atoms with van der Waals surface area (Å²) in [6, 6.07) is 0. The molecule has 2 rings (SSSR count). The van der Waals surface area contributed by atoms with E-state index in [1.165, 1.54) is 4.90 Å². The quantitative estimate of drug-likeness (QED) is 0.792. The van der Waals surface area contributed by atoms with Crippen molar-refractivity contribution < 1.29 is 13.2 Å². The van der Waals surface area contributed by atoms with Crippen LogP contribution in [0, 0.1) is 0 Å². The number of H-pyrrole nitrogens is 1. The third kappa shape index (κ3) is 2.87. The minimum absolute atomic E-state index is 0.0177. The molecule has 0 unspecified atom stereocenters. The Hall–Kier alpha value is -1.44. The lowest BCUT2D eigenvalue weighted by Gasteiger charge is -2.17. The smallest absolute Gasteiger partial charge is 0.293 e. The molecule has 0 bridgehead atoms. The van der Waals surface area contributed by atoms with Crippen LogP contribution in [0.5, 0.6) is 0 Å². The van der Waals surface area contributed by atoms with Crippen LogP contribution in [0.3, 0.4) is 0 Å². The molecule has 1 aromatic heterocycles. The van der Waals surface area contributed by atoms with Crippen LogP contribution in [0.4, 0.5) is 0 Å². The fourth-order valence-electron chi connectivity index (χ4n) is 1.83. The third-order valence-corrected chi connectivity index (χ3v) is 4.62. The van der Waals surface area contributed by atoms with Gasteiger partial charge in [0, 0.05) is 19.5 Å². The zero-order chi connectivity index (χ0) is 13.2. The number of hydrogen-bond donors (Lipinski definition) is 1. The van der Waals surface area contributed by atoms with Gasteiger partial charge in [0.05, 0.1) is 11.5 Å². The lowest BCUT2D eigenvalue weighted by Crippen LogP contribution is -2.34. The van der Waals surface area contributed by atoms with Crippen molar-refractivity contribution in [1.29, 1.82) is 0 Å². The number of rotatable bonds is 2. The Labute approximate surface area is 106 Å². The second kappa shape index (κ2) is 5.05. The maximum atomic E-state index is 12.1. The molecular formula is C10H16N4O3S. The monoisotopic (exact) mass is 272 g/mol. The number of nitrogens with zero attached hydrogens (tertiary/aromatic N) is 3. The van der Waals surface area contributed by atoms with E-state index in [2.05, 4.69) is 15.2 Å². The van der Waals surface area contributed by atoms with Crippen LogP contribution in [0.15, 0.2) is 0 Å². The van der Waals surface area contributed by atoms with Gasteiger partial charge in [-0.1, -0.05) is 6.92 Å². The Kier molecular flexibility index (Phi) is 3.65. The molecule has 18 heavy (non-hydrogen) atoms. The maximum Gasteiger partial charge on any atom is 0.293 e. The van der Waals surface area contributed by atoms with Crippen molar-refractivity contribution >= 4 is 15.7 Å². The number of carbonyl (C=O) groups excluding carboxylic acids is 1. The summed E-state index contributed by atoms with van der Waals surface area (Å²) in [6.45, 7) is 2.57. The highest BCUT2D eigenvalue weighted by atomic mass is 32.2. The van der Waals surface area contributed by atoms with Gasteiger partial charge in [-0.25, -0.2) is 13.4 Å². The minimum Gasteiger partial charge on any atom is -0.335 e. The van der Waals surface area contributed by atoms with E-state index in [0.717, 1.165) is 0 Å². The number of carbonyl (C=O) groups is 1. The molecule has 1 fully saturated rings. The molecule has 0 aliphatic carbocycles. The molecule has 0 saturated carbocycles. The van der Waals surface area contributed by atoms with Crippen molar-refractivity contribution in [3.05, 3.63) is 11.6 Å². The van der Waals surface area contributed by atoms with Gasteiger partial charge in [0.15, 0.2) is 9.84 Å². The largest absolute Gasteiger partial charge is 0.335 e. The van der Waals surface area contributed by atoms with E-state index in [-0.39, 0.29) is 29.8 Å². The summed E-state index contributed by atoms with van der Waals surface area (Å²) in [4.78, 5) is 17.6. The van der Waals surface area contributed by atoms with E-state index in [4.69, 9.17) is 0 Å². The molecule has 0 radical (unpaired) electrons. The van der Waals surface area contributed by atoms with Crippen LogP contribution in [0.2, 0.25) is 0 Å². The van der Waals surface area contributed by atoms with Gasteiger partial charge in [0.1, 0.15) is 5.82 Å². The fourth-order valence-corrected chi connectivity index (χ4v) is 3.10. The van der Waals surface area contributed by atoms with Gasteiger partial charge in [-0.3, -0.25) is 9.89 Å². The third-order valence-electron chi connectivity index (χ3n) is 2.90. The summed E-state index contributed by atoms with van der Waals surface area (Å²) in [6.07, 6.45) is 1.15. The normalized spacial score (nSPS) is 19.5. The number of hydrogen-bond acceptors (Lipinski definition) is 5. The van der Waals surface area contributed by atoms with Gasteiger partial charge in [-0.05, 0) is 6.42 Å². The van der Waals surface area contributed by atoms with Gasteiger partial charge in [-0.15, -0.1) is 5.10 Å². The Morgan fingerprint density at radius 2 is 2.17 bits per heavy atom. The van der Waals surface area contributed by atoms with Crippen LogP contribution in [0.25, 0.3) is 0 Å². The Morgan fingerprint density at radius 1 is 1.39 bits per heavy atom. The highest BCUT2D eigenvalue weighted by molar-refractivity contribution is 7.91. The molecule has 1 amide bonds. The van der Waals surface area contributed by atoms with Crippen molar-refractivity contribution in [2.75, 3.05) is 24.6 Å². The molecule has 1 aliphatic rings. The molecule has 8 heteroatoms. The first-order valence-electron chi connectivity index (χ1n) is 5.93. The van der Waals surface area contributed by atoms with Gasteiger partial charge in [0.25, 0.3) is 5.91 Å². The molecule has 1 aromatic rings. The van der Waals surface area contributed by atoms with Crippen molar-refractivity contribution in [2.45, 2.75) is 19.8 Å². The molecule has 1 saturated heterocycles. The first-order chi connectivity index (χ1) is 8.52. The van der Waals surface area contributed by atoms with E-state index in [9.17, 15) is 13.2 Å². The van der Waals surface area contributed by atoms with Crippen LogP contribution in [-0.2, 0) is 16.3 Å². The molecule has 1 N–H and O–H groups in total. The Morgan fingerprint density at radius 3 is 2.83 bits per heavy atom. The molecule has 100 valence electrons. The number of sulfone groups is 1. The fraction of sp³-hybridized carbons (Fsp3) is 0.700. The maximum absolute atomic E-state index is 12.1. The minimum atomic E-state index is -3.01. The summed E-state index contributed by atoms with van der Waals surface area (Å²) >= 11 is 0. The van der Waals surface area contributed by atoms with Crippen LogP contribution >= 0.6 is 0 Å². The van der Waals surface area contributed by atoms with E-state index in [1.54, 1.807) is 0 Å². The SMILES string of the molecule is CCc1nc(C(=O)N2CCCS(=O)(=O)CC2)n[nH]1. The first-order valence-corrected chi connectivity index (χ1v) is 7.75. The topological polar surface area (TPSA) is 96.0 Å². The molecule has 7 nitrogen and oxygen atoms in total. The second-order valence-corrected chi connectivity index (χ2v) is 6.56. The zero-order valence-corrected chi connectivity index (χ0v) is 11.0. The van der Waals surface area contributed by atoms with Gasteiger partial charge in [0.2, 0.25) is 5.82 Å². The lowest BCUT2D eigenvalue weighted by atomic mass is 10.4. The van der Waals surface area contributed by atoms with Gasteiger partial charge >= 0.3 is 0 Å². The van der Waals surface area contributed by atoms with E-state index in [0.29, 0.717) is 25.2 Å².